The average Bonchev–Trinajstić information content (AvgIpc) is 2.78. The molecule has 0 saturated heterocycles. The van der Waals surface area contributed by atoms with Crippen molar-refractivity contribution in [3.8, 4) is 0 Å². The van der Waals surface area contributed by atoms with Crippen molar-refractivity contribution in [2.75, 3.05) is 7.05 Å². The second-order valence-electron chi connectivity index (χ2n) is 4.81. The Kier molecular flexibility index (Phi) is 4.62. The molecule has 0 fully saturated rings. The van der Waals surface area contributed by atoms with Crippen molar-refractivity contribution < 1.29 is 0 Å². The predicted octanol–water partition coefficient (Wildman–Crippen LogP) is 1.54. The van der Waals surface area contributed by atoms with Crippen LogP contribution in [0.1, 0.15) is 11.3 Å². The second-order valence-corrected chi connectivity index (χ2v) is 7.10. The summed E-state index contributed by atoms with van der Waals surface area (Å²) in [5, 5.41) is 2.09. The zero-order valence-electron chi connectivity index (χ0n) is 11.6. The zero-order valence-corrected chi connectivity index (χ0v) is 14.0. The molecule has 2 aromatic heterocycles. The third-order valence-electron chi connectivity index (χ3n) is 3.13. The van der Waals surface area contributed by atoms with Gasteiger partial charge in [0.2, 0.25) is 0 Å². The van der Waals surface area contributed by atoms with Crippen molar-refractivity contribution in [1.29, 1.82) is 0 Å². The Morgan fingerprint density at radius 2 is 1.90 bits per heavy atom. The largest absolute Gasteiger partial charge is 0.330 e. The molecule has 108 valence electrons. The van der Waals surface area contributed by atoms with E-state index in [9.17, 15) is 9.59 Å². The van der Waals surface area contributed by atoms with E-state index in [2.05, 4.69) is 32.3 Å². The van der Waals surface area contributed by atoms with Crippen LogP contribution in [0.25, 0.3) is 0 Å². The topological polar surface area (TPSA) is 47.2 Å². The minimum Gasteiger partial charge on any atom is -0.299 e. The first-order valence-corrected chi connectivity index (χ1v) is 7.73. The van der Waals surface area contributed by atoms with Crippen LogP contribution >= 0.6 is 27.3 Å². The van der Waals surface area contributed by atoms with Crippen LogP contribution < -0.4 is 11.2 Å². The van der Waals surface area contributed by atoms with Crippen molar-refractivity contribution in [3.05, 3.63) is 53.4 Å². The van der Waals surface area contributed by atoms with Gasteiger partial charge in [-0.15, -0.1) is 11.3 Å². The molecule has 0 saturated carbocycles. The normalized spacial score (nSPS) is 11.2. The molecule has 2 heterocycles. The molecule has 0 aliphatic carbocycles. The molecule has 20 heavy (non-hydrogen) atoms. The fraction of sp³-hybridized carbons (Fsp3) is 0.385. The number of hydrogen-bond donors (Lipinski definition) is 0. The molecule has 0 spiro atoms. The van der Waals surface area contributed by atoms with Gasteiger partial charge in [-0.3, -0.25) is 18.8 Å². The molecule has 0 aromatic carbocycles. The Labute approximate surface area is 129 Å². The molecule has 0 radical (unpaired) electrons. The summed E-state index contributed by atoms with van der Waals surface area (Å²) < 4.78 is 3.72. The molecule has 2 aromatic rings. The molecule has 0 unspecified atom stereocenters. The summed E-state index contributed by atoms with van der Waals surface area (Å²) in [5.41, 5.74) is 1.36. The van der Waals surface area contributed by atoms with Crippen LogP contribution in [0.15, 0.2) is 30.9 Å². The van der Waals surface area contributed by atoms with E-state index in [0.29, 0.717) is 6.54 Å². The summed E-state index contributed by atoms with van der Waals surface area (Å²) in [6, 6.07) is 3.59. The Hall–Kier alpha value is -1.18. The lowest BCUT2D eigenvalue weighted by Gasteiger charge is -2.18. The van der Waals surface area contributed by atoms with Crippen molar-refractivity contribution in [2.45, 2.75) is 13.1 Å². The maximum atomic E-state index is 11.9. The SMILES string of the molecule is CN(Cc1csc(Br)c1)Cc1cc(=O)n(C)c(=O)n1C. The van der Waals surface area contributed by atoms with E-state index in [1.165, 1.54) is 23.2 Å². The van der Waals surface area contributed by atoms with Gasteiger partial charge >= 0.3 is 5.69 Å². The first-order chi connectivity index (χ1) is 9.38. The Morgan fingerprint density at radius 1 is 1.20 bits per heavy atom. The smallest absolute Gasteiger partial charge is 0.299 e. The van der Waals surface area contributed by atoms with Gasteiger partial charge in [0, 0.05) is 38.9 Å². The van der Waals surface area contributed by atoms with Crippen molar-refractivity contribution >= 4 is 27.3 Å². The van der Waals surface area contributed by atoms with Crippen LogP contribution in [0, 0.1) is 0 Å². The second kappa shape index (κ2) is 6.07. The summed E-state index contributed by atoms with van der Waals surface area (Å²) in [5.74, 6) is 0. The summed E-state index contributed by atoms with van der Waals surface area (Å²) >= 11 is 5.08. The summed E-state index contributed by atoms with van der Waals surface area (Å²) in [6.07, 6.45) is 0. The molecule has 2 rings (SSSR count). The first-order valence-electron chi connectivity index (χ1n) is 6.06. The fourth-order valence-corrected chi connectivity index (χ4v) is 3.20. The fourth-order valence-electron chi connectivity index (χ4n) is 2.00. The molecule has 0 N–H and O–H groups in total. The van der Waals surface area contributed by atoms with E-state index in [1.54, 1.807) is 18.4 Å². The highest BCUT2D eigenvalue weighted by Crippen LogP contribution is 2.21. The third kappa shape index (κ3) is 3.28. The Morgan fingerprint density at radius 3 is 2.50 bits per heavy atom. The van der Waals surface area contributed by atoms with Gasteiger partial charge in [-0.25, -0.2) is 4.79 Å². The molecule has 0 bridgehead atoms. The minimum absolute atomic E-state index is 0.269. The predicted molar refractivity (Wildman–Crippen MR) is 84.1 cm³/mol. The monoisotopic (exact) mass is 357 g/mol. The van der Waals surface area contributed by atoms with E-state index in [1.807, 2.05) is 7.05 Å². The van der Waals surface area contributed by atoms with Crippen molar-refractivity contribution in [1.82, 2.24) is 14.0 Å². The van der Waals surface area contributed by atoms with E-state index >= 15 is 0 Å². The lowest BCUT2D eigenvalue weighted by Crippen LogP contribution is -2.39. The number of thiophene rings is 1. The molecule has 0 amide bonds. The highest BCUT2D eigenvalue weighted by molar-refractivity contribution is 9.11. The van der Waals surface area contributed by atoms with Crippen LogP contribution in [0.3, 0.4) is 0 Å². The van der Waals surface area contributed by atoms with E-state index < -0.39 is 0 Å². The van der Waals surface area contributed by atoms with E-state index in [4.69, 9.17) is 0 Å². The summed E-state index contributed by atoms with van der Waals surface area (Å²) in [7, 11) is 5.14. The quantitative estimate of drug-likeness (QED) is 0.833. The van der Waals surface area contributed by atoms with Gasteiger partial charge in [-0.1, -0.05) is 0 Å². The Balaban J connectivity index is 2.18. The van der Waals surface area contributed by atoms with Crippen molar-refractivity contribution in [2.24, 2.45) is 14.1 Å². The van der Waals surface area contributed by atoms with Gasteiger partial charge in [0.05, 0.1) is 3.79 Å². The highest BCUT2D eigenvalue weighted by Gasteiger charge is 2.09. The Bertz CT molecular complexity index is 732. The summed E-state index contributed by atoms with van der Waals surface area (Å²) in [4.78, 5) is 25.6. The van der Waals surface area contributed by atoms with Gasteiger partial charge in [0.15, 0.2) is 0 Å². The number of halogens is 1. The molecule has 0 aliphatic heterocycles. The maximum absolute atomic E-state index is 11.9. The van der Waals surface area contributed by atoms with E-state index in [0.717, 1.165) is 20.6 Å². The lowest BCUT2D eigenvalue weighted by atomic mass is 10.3. The lowest BCUT2D eigenvalue weighted by molar-refractivity contribution is 0.309. The number of rotatable bonds is 4. The molecule has 7 heteroatoms. The van der Waals surface area contributed by atoms with Crippen LogP contribution in [0.5, 0.6) is 0 Å². The third-order valence-corrected chi connectivity index (χ3v) is 4.68. The van der Waals surface area contributed by atoms with Crippen LogP contribution in [-0.4, -0.2) is 21.1 Å². The van der Waals surface area contributed by atoms with Gasteiger partial charge in [0.25, 0.3) is 5.56 Å². The summed E-state index contributed by atoms with van der Waals surface area (Å²) in [6.45, 7) is 1.32. The molecule has 0 atom stereocenters. The maximum Gasteiger partial charge on any atom is 0.330 e. The molecule has 0 aliphatic rings. The van der Waals surface area contributed by atoms with E-state index in [-0.39, 0.29) is 11.2 Å². The highest BCUT2D eigenvalue weighted by atomic mass is 79.9. The van der Waals surface area contributed by atoms with Gasteiger partial charge in [0.1, 0.15) is 0 Å². The number of nitrogens with zero attached hydrogens (tertiary/aromatic N) is 3. The van der Waals surface area contributed by atoms with Crippen LogP contribution in [-0.2, 0) is 27.2 Å². The zero-order chi connectivity index (χ0) is 14.9. The number of hydrogen-bond acceptors (Lipinski definition) is 4. The van der Waals surface area contributed by atoms with Crippen LogP contribution in [0.4, 0.5) is 0 Å². The van der Waals surface area contributed by atoms with Gasteiger partial charge in [-0.2, -0.15) is 0 Å². The first kappa shape index (κ1) is 15.2. The molecular weight excluding hydrogens is 342 g/mol. The van der Waals surface area contributed by atoms with Gasteiger partial charge < -0.3 is 0 Å². The minimum atomic E-state index is -0.292. The molecule has 5 nitrogen and oxygen atoms in total. The average molecular weight is 358 g/mol. The molecular formula is C13H16BrN3O2S. The van der Waals surface area contributed by atoms with Crippen LogP contribution in [0.2, 0.25) is 0 Å². The van der Waals surface area contributed by atoms with Crippen molar-refractivity contribution in [3.63, 3.8) is 0 Å². The standard InChI is InChI=1S/C13H16BrN3O2S/c1-15(6-9-4-11(14)20-8-9)7-10-5-12(18)17(3)13(19)16(10)2/h4-5,8H,6-7H2,1-3H3. The van der Waals surface area contributed by atoms with Gasteiger partial charge in [-0.05, 0) is 40.0 Å². The number of aromatic nitrogens is 2.